The maximum absolute atomic E-state index is 13.4. The third-order valence-electron chi connectivity index (χ3n) is 5.92. The molecule has 254 valence electrons. The van der Waals surface area contributed by atoms with Crippen LogP contribution in [0.3, 0.4) is 0 Å². The van der Waals surface area contributed by atoms with Gasteiger partial charge in [-0.3, -0.25) is 25.8 Å². The van der Waals surface area contributed by atoms with Gasteiger partial charge in [0.05, 0.1) is 13.7 Å². The Balaban J connectivity index is 0.000000984. The lowest BCUT2D eigenvalue weighted by Crippen LogP contribution is -2.45. The Hall–Kier alpha value is -5.58. The van der Waals surface area contributed by atoms with E-state index in [9.17, 15) is 22.8 Å². The van der Waals surface area contributed by atoms with E-state index in [1.165, 1.54) is 19.4 Å². The summed E-state index contributed by atoms with van der Waals surface area (Å²) in [6.07, 6.45) is -3.59. The molecule has 3 aromatic rings. The van der Waals surface area contributed by atoms with Crippen molar-refractivity contribution in [2.45, 2.75) is 19.1 Å². The number of amides is 2. The molecule has 0 bridgehead atoms. The van der Waals surface area contributed by atoms with Crippen LogP contribution in [0.1, 0.15) is 34.5 Å². The van der Waals surface area contributed by atoms with Gasteiger partial charge >= 0.3 is 12.1 Å². The number of nitrogens with two attached hydrogens (primary N) is 1. The van der Waals surface area contributed by atoms with Gasteiger partial charge in [0.15, 0.2) is 11.5 Å². The average molecular weight is 664 g/mol. The second kappa shape index (κ2) is 17.8. The third kappa shape index (κ3) is 12.0. The maximum atomic E-state index is 13.4. The van der Waals surface area contributed by atoms with Gasteiger partial charge in [-0.1, -0.05) is 6.07 Å². The Morgan fingerprint density at radius 1 is 1.04 bits per heavy atom. The van der Waals surface area contributed by atoms with E-state index < -0.39 is 30.0 Å². The number of benzene rings is 2. The molecule has 0 aliphatic heterocycles. The van der Waals surface area contributed by atoms with E-state index in [0.29, 0.717) is 41.5 Å². The van der Waals surface area contributed by atoms with Gasteiger partial charge in [0.1, 0.15) is 24.0 Å². The number of carboxylic acids is 1. The number of hydrogen-bond acceptors (Lipinski definition) is 10. The van der Waals surface area contributed by atoms with Gasteiger partial charge in [0.2, 0.25) is 5.88 Å². The zero-order chi connectivity index (χ0) is 35.1. The quantitative estimate of drug-likeness (QED) is 0.0892. The average Bonchev–Trinajstić information content (AvgIpc) is 3.03. The first-order chi connectivity index (χ1) is 22.2. The van der Waals surface area contributed by atoms with Gasteiger partial charge in [-0.05, 0) is 75.1 Å². The van der Waals surface area contributed by atoms with Crippen LogP contribution in [0.2, 0.25) is 0 Å². The molecule has 2 aromatic carbocycles. The molecule has 17 heteroatoms. The Morgan fingerprint density at radius 2 is 1.70 bits per heavy atom. The number of pyridine rings is 1. The van der Waals surface area contributed by atoms with Gasteiger partial charge in [0.25, 0.3) is 11.8 Å². The van der Waals surface area contributed by atoms with Gasteiger partial charge < -0.3 is 35.3 Å². The normalized spacial score (nSPS) is 11.3. The molecule has 0 saturated heterocycles. The summed E-state index contributed by atoms with van der Waals surface area (Å²) in [6, 6.07) is 14.1. The van der Waals surface area contributed by atoms with Crippen LogP contribution in [-0.4, -0.2) is 85.7 Å². The predicted octanol–water partition coefficient (Wildman–Crippen LogP) is 2.96. The minimum atomic E-state index is -5.08. The summed E-state index contributed by atoms with van der Waals surface area (Å²) in [5.74, 6) is -2.81. The summed E-state index contributed by atoms with van der Waals surface area (Å²) in [4.78, 5) is 41.1. The number of ether oxygens (including phenoxy) is 3. The highest BCUT2D eigenvalue weighted by Gasteiger charge is 2.38. The van der Waals surface area contributed by atoms with Crippen molar-refractivity contribution >= 4 is 29.3 Å². The smallest absolute Gasteiger partial charge is 0.490 e. The Bertz CT molecular complexity index is 1520. The molecule has 1 atom stereocenters. The molecule has 0 aliphatic carbocycles. The molecule has 1 heterocycles. The highest BCUT2D eigenvalue weighted by atomic mass is 19.4. The summed E-state index contributed by atoms with van der Waals surface area (Å²) >= 11 is 0. The number of likely N-dealkylation sites (N-methyl/N-ethyl adjacent to an activating group) is 1. The molecule has 1 aromatic heterocycles. The lowest BCUT2D eigenvalue weighted by molar-refractivity contribution is -0.192. The second-order valence-electron chi connectivity index (χ2n) is 9.67. The Morgan fingerprint density at radius 3 is 2.26 bits per heavy atom. The largest absolute Gasteiger partial charge is 0.490 e. The summed E-state index contributed by atoms with van der Waals surface area (Å²) in [5.41, 5.74) is 12.3. The molecule has 0 spiro atoms. The number of amidine groups is 1. The van der Waals surface area contributed by atoms with Crippen molar-refractivity contribution in [1.82, 2.24) is 20.7 Å². The Kier molecular flexibility index (Phi) is 14.2. The zero-order valence-corrected chi connectivity index (χ0v) is 26.0. The van der Waals surface area contributed by atoms with Crippen molar-refractivity contribution in [2.75, 3.05) is 46.3 Å². The molecular formula is C30H36F3N7O7. The highest BCUT2D eigenvalue weighted by Crippen LogP contribution is 2.32. The number of alkyl halides is 3. The number of halogens is 3. The number of aliphatic carboxylic acids is 1. The molecule has 0 aliphatic rings. The number of hydrazine groups is 1. The van der Waals surface area contributed by atoms with E-state index in [2.05, 4.69) is 21.2 Å². The number of nitrogens with zero attached hydrogens (tertiary/aromatic N) is 2. The van der Waals surface area contributed by atoms with Gasteiger partial charge in [-0.25, -0.2) is 9.78 Å². The van der Waals surface area contributed by atoms with Crippen molar-refractivity contribution in [1.29, 1.82) is 5.41 Å². The fourth-order valence-electron chi connectivity index (χ4n) is 3.63. The van der Waals surface area contributed by atoms with Crippen LogP contribution < -0.4 is 36.1 Å². The summed E-state index contributed by atoms with van der Waals surface area (Å²) in [5, 5.41) is 17.9. The highest BCUT2D eigenvalue weighted by molar-refractivity contribution is 5.98. The number of nitrogen functional groups attached to an aromatic ring is 1. The molecule has 0 fully saturated rings. The van der Waals surface area contributed by atoms with Crippen LogP contribution in [-0.2, 0) is 9.59 Å². The van der Waals surface area contributed by atoms with Crippen LogP contribution in [0.15, 0.2) is 60.8 Å². The Labute approximate surface area is 268 Å². The molecule has 14 nitrogen and oxygen atoms in total. The molecule has 47 heavy (non-hydrogen) atoms. The number of carbonyl (C=O) groups excluding carboxylic acids is 2. The first-order valence-electron chi connectivity index (χ1n) is 13.8. The van der Waals surface area contributed by atoms with Crippen molar-refractivity contribution in [3.05, 3.63) is 77.5 Å². The fourth-order valence-corrected chi connectivity index (χ4v) is 3.63. The number of methoxy groups -OCH3 is 1. The van der Waals surface area contributed by atoms with E-state index in [1.54, 1.807) is 48.5 Å². The minimum absolute atomic E-state index is 0.0689. The van der Waals surface area contributed by atoms with Crippen molar-refractivity contribution in [2.24, 2.45) is 5.73 Å². The predicted molar refractivity (Wildman–Crippen MR) is 166 cm³/mol. The van der Waals surface area contributed by atoms with Crippen LogP contribution in [0.25, 0.3) is 0 Å². The molecule has 0 radical (unpaired) electrons. The molecule has 7 N–H and O–H groups in total. The van der Waals surface area contributed by atoms with Gasteiger partial charge in [-0.2, -0.15) is 13.2 Å². The van der Waals surface area contributed by atoms with Gasteiger partial charge in [0, 0.05) is 24.0 Å². The SMILES string of the molecule is CCOc1cc(C(Nc2ccc(C(=N)N)cc2)C(=O)NNC(=O)c2cccnc2OC)ccc1OCCN(C)C.O=C(O)C(F)(F)F. The molecular weight excluding hydrogens is 627 g/mol. The van der Waals surface area contributed by atoms with E-state index >= 15 is 0 Å². The van der Waals surface area contributed by atoms with E-state index in [4.69, 9.17) is 35.3 Å². The van der Waals surface area contributed by atoms with Crippen LogP contribution in [0.5, 0.6) is 17.4 Å². The number of anilines is 1. The number of carboxylic acid groups (broad SMARTS) is 1. The van der Waals surface area contributed by atoms with Gasteiger partial charge in [-0.15, -0.1) is 0 Å². The monoisotopic (exact) mass is 663 g/mol. The lowest BCUT2D eigenvalue weighted by atomic mass is 10.0. The van der Waals surface area contributed by atoms with Crippen LogP contribution >= 0.6 is 0 Å². The number of aromatic nitrogens is 1. The molecule has 3 rings (SSSR count). The summed E-state index contributed by atoms with van der Waals surface area (Å²) < 4.78 is 48.6. The maximum Gasteiger partial charge on any atom is 0.490 e. The zero-order valence-electron chi connectivity index (χ0n) is 26.0. The third-order valence-corrected chi connectivity index (χ3v) is 5.92. The summed E-state index contributed by atoms with van der Waals surface area (Å²) in [7, 11) is 5.31. The summed E-state index contributed by atoms with van der Waals surface area (Å²) in [6.45, 7) is 3.43. The first-order valence-corrected chi connectivity index (χ1v) is 13.8. The first kappa shape index (κ1) is 37.6. The minimum Gasteiger partial charge on any atom is -0.490 e. The van der Waals surface area contributed by atoms with Crippen LogP contribution in [0.4, 0.5) is 18.9 Å². The number of nitrogens with one attached hydrogen (secondary N) is 4. The second-order valence-corrected chi connectivity index (χ2v) is 9.67. The van der Waals surface area contributed by atoms with Crippen molar-refractivity contribution < 1.29 is 46.9 Å². The van der Waals surface area contributed by atoms with E-state index in [1.807, 2.05) is 25.9 Å². The molecule has 2 amide bonds. The van der Waals surface area contributed by atoms with E-state index in [0.717, 1.165) is 6.54 Å². The van der Waals surface area contributed by atoms with Crippen molar-refractivity contribution in [3.8, 4) is 17.4 Å². The lowest BCUT2D eigenvalue weighted by Gasteiger charge is -2.22. The van der Waals surface area contributed by atoms with Crippen molar-refractivity contribution in [3.63, 3.8) is 0 Å². The number of rotatable bonds is 13. The topological polar surface area (TPSA) is 201 Å². The number of carbonyl (C=O) groups is 3. The standard InChI is InChI=1S/C28H35N7O5.C2HF3O2/c1-5-39-23-17-19(10-13-22(23)40-16-15-35(2)3)24(32-20-11-8-18(9-12-20)25(29)30)27(37)34-33-26(36)21-7-6-14-31-28(21)38-4;3-2(4,5)1(6)7/h6-14,17,24,32H,5,15-16H2,1-4H3,(H3,29,30)(H,33,36)(H,34,37);(H,6,7). The van der Waals surface area contributed by atoms with E-state index in [-0.39, 0.29) is 17.3 Å². The molecule has 1 unspecified atom stereocenters. The van der Waals surface area contributed by atoms with Crippen LogP contribution in [0, 0.1) is 5.41 Å². The number of hydrogen-bond donors (Lipinski definition) is 6. The fraction of sp³-hybridized carbons (Fsp3) is 0.300. The molecule has 0 saturated carbocycles.